The summed E-state index contributed by atoms with van der Waals surface area (Å²) in [6.45, 7) is 2.31. The Kier molecular flexibility index (Phi) is 5.59. The van der Waals surface area contributed by atoms with Gasteiger partial charge in [-0.25, -0.2) is 13.2 Å². The molecule has 0 aromatic heterocycles. The van der Waals surface area contributed by atoms with Gasteiger partial charge in [-0.1, -0.05) is 6.92 Å². The van der Waals surface area contributed by atoms with Crippen molar-refractivity contribution in [2.24, 2.45) is 5.92 Å². The first kappa shape index (κ1) is 15.7. The average Bonchev–Trinajstić information content (AvgIpc) is 2.38. The van der Waals surface area contributed by atoms with Crippen molar-refractivity contribution in [3.05, 3.63) is 0 Å². The van der Waals surface area contributed by atoms with Gasteiger partial charge in [0.05, 0.1) is 11.7 Å². The van der Waals surface area contributed by atoms with Crippen molar-refractivity contribution < 1.29 is 23.1 Å². The number of sulfone groups is 1. The van der Waals surface area contributed by atoms with Gasteiger partial charge in [-0.15, -0.1) is 0 Å². The first-order chi connectivity index (χ1) is 8.85. The summed E-state index contributed by atoms with van der Waals surface area (Å²) in [5.41, 5.74) is 0. The molecule has 1 heterocycles. The number of carbonyl (C=O) groups excluding carboxylic acids is 1. The molecule has 1 aliphatic rings. The maximum atomic E-state index is 11.8. The molecular formula is C11H20N2O5S. The lowest BCUT2D eigenvalue weighted by atomic mass is 9.99. The average molecular weight is 292 g/mol. The van der Waals surface area contributed by atoms with Gasteiger partial charge in [0.25, 0.3) is 0 Å². The fourth-order valence-electron chi connectivity index (χ4n) is 1.93. The van der Waals surface area contributed by atoms with Gasteiger partial charge in [0.15, 0.2) is 9.84 Å². The maximum absolute atomic E-state index is 11.8. The van der Waals surface area contributed by atoms with Crippen LogP contribution in [-0.4, -0.2) is 61.6 Å². The predicted molar refractivity (Wildman–Crippen MR) is 69.7 cm³/mol. The molecule has 1 atom stereocenters. The molecule has 0 bridgehead atoms. The van der Waals surface area contributed by atoms with Crippen LogP contribution in [0.3, 0.4) is 0 Å². The number of carbonyl (C=O) groups is 2. The van der Waals surface area contributed by atoms with E-state index >= 15 is 0 Å². The molecular weight excluding hydrogens is 272 g/mol. The van der Waals surface area contributed by atoms with Gasteiger partial charge in [-0.3, -0.25) is 4.79 Å². The van der Waals surface area contributed by atoms with E-state index in [-0.39, 0.29) is 24.6 Å². The second-order valence-electron chi connectivity index (χ2n) is 4.59. The summed E-state index contributed by atoms with van der Waals surface area (Å²) in [4.78, 5) is 24.1. The van der Waals surface area contributed by atoms with Gasteiger partial charge < -0.3 is 15.3 Å². The van der Waals surface area contributed by atoms with Gasteiger partial charge in [-0.05, 0) is 12.8 Å². The highest BCUT2D eigenvalue weighted by Gasteiger charge is 2.27. The molecule has 2 amide bonds. The minimum absolute atomic E-state index is 0.0493. The number of aliphatic carboxylic acids is 1. The first-order valence-electron chi connectivity index (χ1n) is 6.31. The highest BCUT2D eigenvalue weighted by molar-refractivity contribution is 7.91. The third-order valence-electron chi connectivity index (χ3n) is 3.19. The zero-order chi connectivity index (χ0) is 14.5. The van der Waals surface area contributed by atoms with E-state index in [1.807, 2.05) is 0 Å². The molecule has 1 aliphatic heterocycles. The lowest BCUT2D eigenvalue weighted by molar-refractivity contribution is -0.143. The van der Waals surface area contributed by atoms with Crippen molar-refractivity contribution in [3.8, 4) is 0 Å². The van der Waals surface area contributed by atoms with Crippen molar-refractivity contribution in [1.29, 1.82) is 0 Å². The summed E-state index contributed by atoms with van der Waals surface area (Å²) in [7, 11) is -3.10. The Bertz CT molecular complexity index is 434. The Morgan fingerprint density at radius 2 is 2.11 bits per heavy atom. The van der Waals surface area contributed by atoms with Crippen LogP contribution in [0.1, 0.15) is 19.8 Å². The Morgan fingerprint density at radius 1 is 1.42 bits per heavy atom. The number of rotatable bonds is 5. The molecule has 110 valence electrons. The zero-order valence-corrected chi connectivity index (χ0v) is 11.8. The van der Waals surface area contributed by atoms with Crippen molar-refractivity contribution >= 4 is 21.8 Å². The van der Waals surface area contributed by atoms with E-state index in [4.69, 9.17) is 5.11 Å². The number of nitrogens with one attached hydrogen (secondary N) is 1. The van der Waals surface area contributed by atoms with E-state index in [0.717, 1.165) is 0 Å². The first-order valence-corrected chi connectivity index (χ1v) is 8.14. The number of urea groups is 1. The molecule has 0 aromatic rings. The van der Waals surface area contributed by atoms with Crippen LogP contribution in [0.25, 0.3) is 0 Å². The van der Waals surface area contributed by atoms with Crippen LogP contribution in [0.15, 0.2) is 0 Å². The molecule has 2 N–H and O–H groups in total. The van der Waals surface area contributed by atoms with E-state index in [0.29, 0.717) is 19.4 Å². The fourth-order valence-corrected chi connectivity index (χ4v) is 2.63. The Morgan fingerprint density at radius 3 is 2.68 bits per heavy atom. The summed E-state index contributed by atoms with van der Waals surface area (Å²) >= 11 is 0. The van der Waals surface area contributed by atoms with Crippen LogP contribution in [0, 0.1) is 5.92 Å². The minimum atomic E-state index is -3.10. The zero-order valence-electron chi connectivity index (χ0n) is 11.0. The largest absolute Gasteiger partial charge is 0.481 e. The van der Waals surface area contributed by atoms with Gasteiger partial charge >= 0.3 is 12.0 Å². The van der Waals surface area contributed by atoms with E-state index in [9.17, 15) is 18.0 Å². The van der Waals surface area contributed by atoms with Crippen LogP contribution < -0.4 is 5.32 Å². The molecule has 1 unspecified atom stereocenters. The monoisotopic (exact) mass is 292 g/mol. The topological polar surface area (TPSA) is 104 Å². The van der Waals surface area contributed by atoms with E-state index in [2.05, 4.69) is 5.32 Å². The highest BCUT2D eigenvalue weighted by Crippen LogP contribution is 2.16. The number of carboxylic acid groups (broad SMARTS) is 1. The van der Waals surface area contributed by atoms with Crippen LogP contribution in [0.2, 0.25) is 0 Å². The lowest BCUT2D eigenvalue weighted by Gasteiger charge is -2.30. The van der Waals surface area contributed by atoms with Crippen LogP contribution >= 0.6 is 0 Å². The molecule has 0 radical (unpaired) electrons. The number of likely N-dealkylation sites (tertiary alicyclic amines) is 1. The molecule has 1 fully saturated rings. The fraction of sp³-hybridized carbons (Fsp3) is 0.818. The number of hydrogen-bond donors (Lipinski definition) is 2. The lowest BCUT2D eigenvalue weighted by Crippen LogP contribution is -2.47. The quantitative estimate of drug-likeness (QED) is 0.738. The van der Waals surface area contributed by atoms with Crippen molar-refractivity contribution in [2.45, 2.75) is 19.8 Å². The molecule has 7 nitrogen and oxygen atoms in total. The maximum Gasteiger partial charge on any atom is 0.317 e. The third kappa shape index (κ3) is 5.06. The van der Waals surface area contributed by atoms with Gasteiger partial charge in [0, 0.05) is 25.4 Å². The molecule has 19 heavy (non-hydrogen) atoms. The van der Waals surface area contributed by atoms with Crippen LogP contribution in [0.4, 0.5) is 4.79 Å². The van der Waals surface area contributed by atoms with Crippen molar-refractivity contribution in [1.82, 2.24) is 10.2 Å². The van der Waals surface area contributed by atoms with E-state index in [1.54, 1.807) is 6.92 Å². The second-order valence-corrected chi connectivity index (χ2v) is 7.06. The van der Waals surface area contributed by atoms with Gasteiger partial charge in [0.2, 0.25) is 0 Å². The smallest absolute Gasteiger partial charge is 0.317 e. The van der Waals surface area contributed by atoms with E-state index < -0.39 is 27.8 Å². The van der Waals surface area contributed by atoms with Crippen LogP contribution in [-0.2, 0) is 14.6 Å². The molecule has 8 heteroatoms. The summed E-state index contributed by atoms with van der Waals surface area (Å²) in [5.74, 6) is -1.47. The Hall–Kier alpha value is -1.31. The standard InChI is InChI=1S/C11H20N2O5S/c1-2-19(17,18)7-5-12-11(16)13-6-3-4-9(8-13)10(14)15/h9H,2-8H2,1H3,(H,12,16)(H,14,15). The molecule has 1 saturated heterocycles. The third-order valence-corrected chi connectivity index (χ3v) is 4.89. The minimum Gasteiger partial charge on any atom is -0.481 e. The van der Waals surface area contributed by atoms with Gasteiger partial charge in [-0.2, -0.15) is 0 Å². The number of amides is 2. The molecule has 0 aromatic carbocycles. The number of nitrogens with zero attached hydrogens (tertiary/aromatic N) is 1. The number of carboxylic acids is 1. The molecule has 0 spiro atoms. The van der Waals surface area contributed by atoms with Gasteiger partial charge in [0.1, 0.15) is 0 Å². The molecule has 0 saturated carbocycles. The highest BCUT2D eigenvalue weighted by atomic mass is 32.2. The predicted octanol–water partition coefficient (Wildman–Crippen LogP) is -0.0727. The second kappa shape index (κ2) is 6.74. The summed E-state index contributed by atoms with van der Waals surface area (Å²) in [5, 5.41) is 11.4. The van der Waals surface area contributed by atoms with Crippen LogP contribution in [0.5, 0.6) is 0 Å². The summed E-state index contributed by atoms with van der Waals surface area (Å²) < 4.78 is 22.5. The Labute approximate surface area is 112 Å². The number of piperidine rings is 1. The van der Waals surface area contributed by atoms with E-state index in [1.165, 1.54) is 4.90 Å². The normalized spacial score (nSPS) is 20.1. The number of hydrogen-bond acceptors (Lipinski definition) is 4. The molecule has 1 rings (SSSR count). The SMILES string of the molecule is CCS(=O)(=O)CCNC(=O)N1CCCC(C(=O)O)C1. The summed E-state index contributed by atoms with van der Waals surface area (Å²) in [6.07, 6.45) is 1.22. The van der Waals surface area contributed by atoms with Crippen molar-refractivity contribution in [2.75, 3.05) is 31.1 Å². The summed E-state index contributed by atoms with van der Waals surface area (Å²) in [6, 6.07) is -0.391. The van der Waals surface area contributed by atoms with Crippen molar-refractivity contribution in [3.63, 3.8) is 0 Å². The molecule has 0 aliphatic carbocycles. The Balaban J connectivity index is 2.39.